The van der Waals surface area contributed by atoms with Gasteiger partial charge in [-0.25, -0.2) is 0 Å². The van der Waals surface area contributed by atoms with Crippen LogP contribution in [0.25, 0.3) is 0 Å². The number of hydrogen-bond acceptors (Lipinski definition) is 2. The first-order chi connectivity index (χ1) is 8.25. The monoisotopic (exact) mass is 228 g/mol. The minimum Gasteiger partial charge on any atom is -0.489 e. The van der Waals surface area contributed by atoms with Crippen molar-refractivity contribution >= 4 is 0 Å². The lowest BCUT2D eigenvalue weighted by molar-refractivity contribution is 0.198. The van der Waals surface area contributed by atoms with Crippen LogP contribution in [-0.4, -0.2) is 5.11 Å². The third-order valence-corrected chi connectivity index (χ3v) is 2.59. The third-order valence-electron chi connectivity index (χ3n) is 2.59. The molecule has 0 aliphatic carbocycles. The van der Waals surface area contributed by atoms with Crippen molar-refractivity contribution in [2.24, 2.45) is 0 Å². The molecule has 0 fully saturated rings. The summed E-state index contributed by atoms with van der Waals surface area (Å²) in [7, 11) is 0. The molecule has 0 saturated heterocycles. The molecule has 0 spiro atoms. The van der Waals surface area contributed by atoms with Gasteiger partial charge in [0.25, 0.3) is 0 Å². The number of hydrogen-bond donors (Lipinski definition) is 1. The summed E-state index contributed by atoms with van der Waals surface area (Å²) in [5, 5.41) is 9.48. The van der Waals surface area contributed by atoms with E-state index in [-0.39, 0.29) is 0 Å². The zero-order valence-electron chi connectivity index (χ0n) is 9.84. The van der Waals surface area contributed by atoms with E-state index in [4.69, 9.17) is 4.74 Å². The molecule has 0 bridgehead atoms. The van der Waals surface area contributed by atoms with Gasteiger partial charge in [-0.05, 0) is 30.2 Å². The molecule has 0 aliphatic heterocycles. The van der Waals surface area contributed by atoms with Gasteiger partial charge in [0, 0.05) is 0 Å². The molecule has 0 saturated carbocycles. The van der Waals surface area contributed by atoms with Gasteiger partial charge in [-0.2, -0.15) is 0 Å². The highest BCUT2D eigenvalue weighted by atomic mass is 16.5. The first-order valence-corrected chi connectivity index (χ1v) is 5.70. The van der Waals surface area contributed by atoms with Crippen LogP contribution in [0.5, 0.6) is 5.75 Å². The fourth-order valence-corrected chi connectivity index (χ4v) is 1.61. The Morgan fingerprint density at radius 1 is 1.06 bits per heavy atom. The van der Waals surface area contributed by atoms with Gasteiger partial charge in [-0.15, -0.1) is 0 Å². The van der Waals surface area contributed by atoms with E-state index in [1.807, 2.05) is 54.6 Å². The highest BCUT2D eigenvalue weighted by Crippen LogP contribution is 2.19. The minimum absolute atomic E-state index is 0.463. The number of rotatable bonds is 4. The molecule has 0 aliphatic rings. The molecule has 0 amide bonds. The molecule has 1 atom stereocenters. The second kappa shape index (κ2) is 5.51. The molecule has 0 heterocycles. The summed E-state index contributed by atoms with van der Waals surface area (Å²) in [6.45, 7) is 2.29. The molecular formula is C15H16O2. The Kier molecular flexibility index (Phi) is 3.78. The van der Waals surface area contributed by atoms with E-state index >= 15 is 0 Å². The normalized spacial score (nSPS) is 12.1. The van der Waals surface area contributed by atoms with Gasteiger partial charge in [0.1, 0.15) is 12.4 Å². The summed E-state index contributed by atoms with van der Waals surface area (Å²) in [6, 6.07) is 17.6. The van der Waals surface area contributed by atoms with Crippen LogP contribution >= 0.6 is 0 Å². The van der Waals surface area contributed by atoms with Crippen LogP contribution in [0.15, 0.2) is 54.6 Å². The summed E-state index contributed by atoms with van der Waals surface area (Å²) in [5.41, 5.74) is 2.01. The summed E-state index contributed by atoms with van der Waals surface area (Å²) in [6.07, 6.45) is -0.463. The lowest BCUT2D eigenvalue weighted by Gasteiger charge is -2.09. The van der Waals surface area contributed by atoms with Crippen molar-refractivity contribution in [3.8, 4) is 5.75 Å². The van der Waals surface area contributed by atoms with Gasteiger partial charge in [0.2, 0.25) is 0 Å². The maximum absolute atomic E-state index is 9.48. The van der Waals surface area contributed by atoms with Gasteiger partial charge < -0.3 is 9.84 Å². The topological polar surface area (TPSA) is 29.5 Å². The van der Waals surface area contributed by atoms with E-state index in [1.165, 1.54) is 0 Å². The highest BCUT2D eigenvalue weighted by molar-refractivity contribution is 5.30. The summed E-state index contributed by atoms with van der Waals surface area (Å²) in [4.78, 5) is 0. The summed E-state index contributed by atoms with van der Waals surface area (Å²) >= 11 is 0. The predicted octanol–water partition coefficient (Wildman–Crippen LogP) is 3.32. The van der Waals surface area contributed by atoms with Crippen molar-refractivity contribution in [3.05, 3.63) is 65.7 Å². The Labute approximate surface area is 101 Å². The second-order valence-electron chi connectivity index (χ2n) is 4.02. The van der Waals surface area contributed by atoms with E-state index in [2.05, 4.69) is 0 Å². The fourth-order valence-electron chi connectivity index (χ4n) is 1.61. The van der Waals surface area contributed by atoms with Crippen LogP contribution in [0.4, 0.5) is 0 Å². The zero-order chi connectivity index (χ0) is 12.1. The molecule has 0 radical (unpaired) electrons. The first kappa shape index (κ1) is 11.7. The fraction of sp³-hybridized carbons (Fsp3) is 0.200. The van der Waals surface area contributed by atoms with Crippen LogP contribution in [0.1, 0.15) is 24.2 Å². The number of aliphatic hydroxyl groups excluding tert-OH is 1. The van der Waals surface area contributed by atoms with E-state index in [9.17, 15) is 5.11 Å². The molecule has 1 N–H and O–H groups in total. The molecule has 2 nitrogen and oxygen atoms in total. The van der Waals surface area contributed by atoms with Crippen molar-refractivity contribution < 1.29 is 9.84 Å². The molecule has 2 aromatic carbocycles. The molecule has 17 heavy (non-hydrogen) atoms. The Hall–Kier alpha value is -1.80. The average Bonchev–Trinajstić information content (AvgIpc) is 2.38. The molecular weight excluding hydrogens is 212 g/mol. The molecule has 2 heteroatoms. The Morgan fingerprint density at radius 3 is 2.53 bits per heavy atom. The molecule has 0 aromatic heterocycles. The van der Waals surface area contributed by atoms with Crippen LogP contribution in [0, 0.1) is 0 Å². The van der Waals surface area contributed by atoms with E-state index < -0.39 is 6.10 Å². The molecule has 1 unspecified atom stereocenters. The van der Waals surface area contributed by atoms with Gasteiger partial charge >= 0.3 is 0 Å². The first-order valence-electron chi connectivity index (χ1n) is 5.70. The van der Waals surface area contributed by atoms with Crippen molar-refractivity contribution in [1.29, 1.82) is 0 Å². The summed E-state index contributed by atoms with van der Waals surface area (Å²) in [5.74, 6) is 0.784. The number of benzene rings is 2. The summed E-state index contributed by atoms with van der Waals surface area (Å²) < 4.78 is 5.67. The zero-order valence-corrected chi connectivity index (χ0v) is 9.84. The highest BCUT2D eigenvalue weighted by Gasteiger charge is 2.02. The van der Waals surface area contributed by atoms with Crippen LogP contribution < -0.4 is 4.74 Å². The second-order valence-corrected chi connectivity index (χ2v) is 4.02. The van der Waals surface area contributed by atoms with Crippen molar-refractivity contribution in [1.82, 2.24) is 0 Å². The number of aliphatic hydroxyl groups is 1. The smallest absolute Gasteiger partial charge is 0.120 e. The lowest BCUT2D eigenvalue weighted by Crippen LogP contribution is -1.97. The SMILES string of the molecule is CC(O)c1cccc(OCc2ccccc2)c1. The van der Waals surface area contributed by atoms with E-state index in [1.54, 1.807) is 6.92 Å². The Morgan fingerprint density at radius 2 is 1.82 bits per heavy atom. The molecule has 2 rings (SSSR count). The Balaban J connectivity index is 2.02. The van der Waals surface area contributed by atoms with Gasteiger partial charge in [0.05, 0.1) is 6.10 Å². The average molecular weight is 228 g/mol. The minimum atomic E-state index is -0.463. The maximum atomic E-state index is 9.48. The van der Waals surface area contributed by atoms with E-state index in [0.29, 0.717) is 6.61 Å². The quantitative estimate of drug-likeness (QED) is 0.869. The van der Waals surface area contributed by atoms with Gasteiger partial charge in [0.15, 0.2) is 0 Å². The van der Waals surface area contributed by atoms with Crippen molar-refractivity contribution in [3.63, 3.8) is 0 Å². The van der Waals surface area contributed by atoms with Crippen LogP contribution in [0.2, 0.25) is 0 Å². The Bertz CT molecular complexity index is 463. The van der Waals surface area contributed by atoms with E-state index in [0.717, 1.165) is 16.9 Å². The van der Waals surface area contributed by atoms with Crippen LogP contribution in [-0.2, 0) is 6.61 Å². The van der Waals surface area contributed by atoms with Crippen molar-refractivity contribution in [2.75, 3.05) is 0 Å². The predicted molar refractivity (Wildman–Crippen MR) is 67.8 cm³/mol. The largest absolute Gasteiger partial charge is 0.489 e. The maximum Gasteiger partial charge on any atom is 0.120 e. The van der Waals surface area contributed by atoms with Crippen molar-refractivity contribution in [2.45, 2.75) is 19.6 Å². The standard InChI is InChI=1S/C15H16O2/c1-12(16)14-8-5-9-15(10-14)17-11-13-6-3-2-4-7-13/h2-10,12,16H,11H2,1H3. The lowest BCUT2D eigenvalue weighted by atomic mass is 10.1. The molecule has 88 valence electrons. The number of ether oxygens (including phenoxy) is 1. The van der Waals surface area contributed by atoms with Gasteiger partial charge in [-0.3, -0.25) is 0 Å². The molecule has 2 aromatic rings. The third kappa shape index (κ3) is 3.33. The van der Waals surface area contributed by atoms with Gasteiger partial charge in [-0.1, -0.05) is 42.5 Å². The van der Waals surface area contributed by atoms with Crippen LogP contribution in [0.3, 0.4) is 0 Å².